The van der Waals surface area contributed by atoms with E-state index in [9.17, 15) is 13.5 Å². The molecule has 0 spiro atoms. The van der Waals surface area contributed by atoms with E-state index in [0.717, 1.165) is 49.0 Å². The van der Waals surface area contributed by atoms with Crippen LogP contribution in [-0.2, 0) is 10.0 Å². The Morgan fingerprint density at radius 3 is 2.79 bits per heavy atom. The molecule has 1 unspecified atom stereocenters. The Balaban J connectivity index is 1.36. The topological polar surface area (TPSA) is 102 Å². The monoisotopic (exact) mass is 421 g/mol. The zero-order valence-corrected chi connectivity index (χ0v) is 18.0. The summed E-state index contributed by atoms with van der Waals surface area (Å²) in [6.45, 7) is 2.47. The highest BCUT2D eigenvalue weighted by molar-refractivity contribution is 7.89. The van der Waals surface area contributed by atoms with Crippen LogP contribution >= 0.6 is 0 Å². The Morgan fingerprint density at radius 2 is 2.07 bits per heavy atom. The second-order valence-electron chi connectivity index (χ2n) is 8.94. The maximum atomic E-state index is 12.9. The van der Waals surface area contributed by atoms with Crippen molar-refractivity contribution in [1.29, 1.82) is 0 Å². The predicted octanol–water partition coefficient (Wildman–Crippen LogP) is 2.13. The molecule has 0 bridgehead atoms. The first-order chi connectivity index (χ1) is 13.8. The van der Waals surface area contributed by atoms with E-state index in [1.807, 2.05) is 12.3 Å². The molecule has 3 heterocycles. The molecular weight excluding hydrogens is 390 g/mol. The second kappa shape index (κ2) is 7.85. The molecule has 1 saturated heterocycles. The molecular formula is C20H31N5O3S. The Bertz CT molecular complexity index is 950. The van der Waals surface area contributed by atoms with Crippen LogP contribution in [-0.4, -0.2) is 70.3 Å². The van der Waals surface area contributed by atoms with Gasteiger partial charge >= 0.3 is 0 Å². The first-order valence-corrected chi connectivity index (χ1v) is 12.1. The molecule has 1 aliphatic heterocycles. The van der Waals surface area contributed by atoms with Crippen LogP contribution in [0.1, 0.15) is 45.4 Å². The molecule has 9 heteroatoms. The summed E-state index contributed by atoms with van der Waals surface area (Å²) < 4.78 is 27.3. The number of aliphatic hydroxyl groups is 1. The molecule has 2 fully saturated rings. The van der Waals surface area contributed by atoms with Crippen molar-refractivity contribution in [2.45, 2.75) is 57.1 Å². The third-order valence-corrected chi connectivity index (χ3v) is 8.50. The summed E-state index contributed by atoms with van der Waals surface area (Å²) in [5, 5.41) is 11.3. The SMILES string of the molecule is CN(c1ncnc2[nH]ccc12)C1CCC(CS(=O)(=O)N2CCCC(C)(O)C2)CC1. The average molecular weight is 422 g/mol. The molecule has 8 nitrogen and oxygen atoms in total. The lowest BCUT2D eigenvalue weighted by Crippen LogP contribution is -2.50. The van der Waals surface area contributed by atoms with E-state index in [1.54, 1.807) is 13.3 Å². The summed E-state index contributed by atoms with van der Waals surface area (Å²) in [4.78, 5) is 14.1. The first kappa shape index (κ1) is 20.6. The van der Waals surface area contributed by atoms with Gasteiger partial charge in [0, 0.05) is 32.4 Å². The van der Waals surface area contributed by atoms with Gasteiger partial charge in [-0.15, -0.1) is 0 Å². The van der Waals surface area contributed by atoms with Gasteiger partial charge in [0.05, 0.1) is 16.7 Å². The van der Waals surface area contributed by atoms with Gasteiger partial charge in [0.25, 0.3) is 0 Å². The van der Waals surface area contributed by atoms with Crippen molar-refractivity contribution >= 4 is 26.9 Å². The quantitative estimate of drug-likeness (QED) is 0.767. The number of nitrogens with zero attached hydrogens (tertiary/aromatic N) is 4. The third kappa shape index (κ3) is 4.41. The summed E-state index contributed by atoms with van der Waals surface area (Å²) in [5.74, 6) is 1.28. The highest BCUT2D eigenvalue weighted by atomic mass is 32.2. The predicted molar refractivity (Wildman–Crippen MR) is 113 cm³/mol. The number of aromatic amines is 1. The second-order valence-corrected chi connectivity index (χ2v) is 10.9. The number of fused-ring (bicyclic) bond motifs is 1. The van der Waals surface area contributed by atoms with Gasteiger partial charge in [-0.3, -0.25) is 0 Å². The number of hydrogen-bond acceptors (Lipinski definition) is 6. The molecule has 2 N–H and O–H groups in total. The number of nitrogens with one attached hydrogen (secondary N) is 1. The van der Waals surface area contributed by atoms with Gasteiger partial charge in [0.15, 0.2) is 0 Å². The Morgan fingerprint density at radius 1 is 1.31 bits per heavy atom. The minimum atomic E-state index is -3.33. The number of aromatic nitrogens is 3. The normalized spacial score (nSPS) is 29.2. The summed E-state index contributed by atoms with van der Waals surface area (Å²) in [7, 11) is -1.27. The maximum absolute atomic E-state index is 12.9. The molecule has 0 amide bonds. The number of anilines is 1. The fourth-order valence-electron chi connectivity index (χ4n) is 4.83. The van der Waals surface area contributed by atoms with Crippen molar-refractivity contribution in [3.8, 4) is 0 Å². The van der Waals surface area contributed by atoms with Crippen molar-refractivity contribution in [1.82, 2.24) is 19.3 Å². The van der Waals surface area contributed by atoms with E-state index < -0.39 is 15.6 Å². The first-order valence-electron chi connectivity index (χ1n) is 10.5. The van der Waals surface area contributed by atoms with E-state index in [4.69, 9.17) is 0 Å². The fourth-order valence-corrected chi connectivity index (χ4v) is 6.85. The van der Waals surface area contributed by atoms with Crippen LogP contribution in [0.15, 0.2) is 18.6 Å². The number of sulfonamides is 1. The minimum Gasteiger partial charge on any atom is -0.389 e. The van der Waals surface area contributed by atoms with Crippen molar-refractivity contribution in [2.24, 2.45) is 5.92 Å². The van der Waals surface area contributed by atoms with E-state index in [0.29, 0.717) is 19.0 Å². The van der Waals surface area contributed by atoms with Crippen molar-refractivity contribution in [2.75, 3.05) is 30.8 Å². The van der Waals surface area contributed by atoms with E-state index >= 15 is 0 Å². The van der Waals surface area contributed by atoms with Gasteiger partial charge < -0.3 is 15.0 Å². The lowest BCUT2D eigenvalue weighted by atomic mass is 9.86. The van der Waals surface area contributed by atoms with Crippen LogP contribution in [0.5, 0.6) is 0 Å². The molecule has 2 aromatic rings. The highest BCUT2D eigenvalue weighted by Crippen LogP contribution is 2.33. The van der Waals surface area contributed by atoms with Crippen LogP contribution in [0, 0.1) is 5.92 Å². The molecule has 1 atom stereocenters. The van der Waals surface area contributed by atoms with Gasteiger partial charge in [-0.2, -0.15) is 4.31 Å². The smallest absolute Gasteiger partial charge is 0.214 e. The molecule has 1 saturated carbocycles. The van der Waals surface area contributed by atoms with Crippen LogP contribution in [0.4, 0.5) is 5.82 Å². The van der Waals surface area contributed by atoms with Crippen molar-refractivity contribution in [3.63, 3.8) is 0 Å². The molecule has 2 aliphatic rings. The van der Waals surface area contributed by atoms with Gasteiger partial charge in [0.1, 0.15) is 17.8 Å². The molecule has 160 valence electrons. The Hall–Kier alpha value is -1.71. The molecule has 2 aromatic heterocycles. The largest absolute Gasteiger partial charge is 0.389 e. The van der Waals surface area contributed by atoms with Crippen LogP contribution < -0.4 is 4.90 Å². The minimum absolute atomic E-state index is 0.175. The molecule has 0 aromatic carbocycles. The zero-order valence-electron chi connectivity index (χ0n) is 17.2. The van der Waals surface area contributed by atoms with Gasteiger partial charge in [-0.25, -0.2) is 18.4 Å². The lowest BCUT2D eigenvalue weighted by Gasteiger charge is -2.38. The Labute approximate surface area is 172 Å². The summed E-state index contributed by atoms with van der Waals surface area (Å²) in [5.41, 5.74) is -0.0775. The van der Waals surface area contributed by atoms with Crippen LogP contribution in [0.25, 0.3) is 11.0 Å². The number of piperidine rings is 1. The van der Waals surface area contributed by atoms with Crippen molar-refractivity contribution in [3.05, 3.63) is 18.6 Å². The van der Waals surface area contributed by atoms with E-state index in [1.165, 1.54) is 4.31 Å². The van der Waals surface area contributed by atoms with E-state index in [2.05, 4.69) is 26.9 Å². The maximum Gasteiger partial charge on any atom is 0.214 e. The van der Waals surface area contributed by atoms with Crippen LogP contribution in [0.2, 0.25) is 0 Å². The highest BCUT2D eigenvalue weighted by Gasteiger charge is 2.36. The third-order valence-electron chi connectivity index (χ3n) is 6.51. The lowest BCUT2D eigenvalue weighted by molar-refractivity contribution is 0.00927. The fraction of sp³-hybridized carbons (Fsp3) is 0.700. The molecule has 0 radical (unpaired) electrons. The molecule has 4 rings (SSSR count). The summed E-state index contributed by atoms with van der Waals surface area (Å²) >= 11 is 0. The standard InChI is InChI=1S/C20H31N5O3S/c1-20(26)9-3-11-25(13-20)29(27,28)12-15-4-6-16(7-5-15)24(2)19-17-8-10-21-18(17)22-14-23-19/h8,10,14-16,26H,3-7,9,11-13H2,1-2H3,(H,21,22,23). The molecule has 1 aliphatic carbocycles. The number of hydrogen-bond donors (Lipinski definition) is 2. The zero-order chi connectivity index (χ0) is 20.6. The van der Waals surface area contributed by atoms with Crippen molar-refractivity contribution < 1.29 is 13.5 Å². The van der Waals surface area contributed by atoms with Crippen LogP contribution in [0.3, 0.4) is 0 Å². The Kier molecular flexibility index (Phi) is 5.56. The number of rotatable bonds is 5. The van der Waals surface area contributed by atoms with E-state index in [-0.39, 0.29) is 18.2 Å². The van der Waals surface area contributed by atoms with Gasteiger partial charge in [0.2, 0.25) is 10.0 Å². The van der Waals surface area contributed by atoms with Gasteiger partial charge in [-0.1, -0.05) is 0 Å². The molecule has 29 heavy (non-hydrogen) atoms. The number of β-amino-alcohol motifs (C(OH)–C–C–N with tert-alkyl or cyclic N) is 1. The summed E-state index contributed by atoms with van der Waals surface area (Å²) in [6.07, 6.45) is 8.51. The summed E-state index contributed by atoms with van der Waals surface area (Å²) in [6, 6.07) is 2.34. The average Bonchev–Trinajstić information content (AvgIpc) is 3.16. The van der Waals surface area contributed by atoms with Gasteiger partial charge in [-0.05, 0) is 57.4 Å². The number of H-pyrrole nitrogens is 1.